The largest absolute Gasteiger partial charge is 0.384 e. The van der Waals surface area contributed by atoms with Crippen LogP contribution in [0.2, 0.25) is 10.0 Å². The quantitative estimate of drug-likeness (QED) is 0.906. The Balaban J connectivity index is 2.27. The lowest BCUT2D eigenvalue weighted by atomic mass is 10.3. The molecule has 2 aromatic rings. The zero-order valence-electron chi connectivity index (χ0n) is 10.2. The second kappa shape index (κ2) is 6.06. The lowest BCUT2D eigenvalue weighted by Gasteiger charge is -2.09. The highest BCUT2D eigenvalue weighted by Gasteiger charge is 2.04. The van der Waals surface area contributed by atoms with E-state index < -0.39 is 0 Å². The van der Waals surface area contributed by atoms with E-state index in [1.54, 1.807) is 31.4 Å². The fraction of sp³-hybridized carbons (Fsp3) is 0.167. The topological polar surface area (TPSA) is 73.1 Å². The van der Waals surface area contributed by atoms with Gasteiger partial charge in [0.2, 0.25) is 0 Å². The molecule has 0 amide bonds. The van der Waals surface area contributed by atoms with Crippen LogP contribution in [0.5, 0.6) is 0 Å². The first kappa shape index (κ1) is 13.9. The van der Waals surface area contributed by atoms with Gasteiger partial charge in [0.1, 0.15) is 18.2 Å². The van der Waals surface area contributed by atoms with Crippen molar-refractivity contribution >= 4 is 40.5 Å². The molecule has 0 aliphatic rings. The van der Waals surface area contributed by atoms with Crippen LogP contribution in [0.3, 0.4) is 0 Å². The molecule has 0 atom stereocenters. The Labute approximate surface area is 120 Å². The van der Waals surface area contributed by atoms with Gasteiger partial charge in [0.15, 0.2) is 5.82 Å². The summed E-state index contributed by atoms with van der Waals surface area (Å²) in [7, 11) is 1.57. The van der Waals surface area contributed by atoms with Gasteiger partial charge in [-0.1, -0.05) is 23.2 Å². The van der Waals surface area contributed by atoms with E-state index in [0.29, 0.717) is 27.5 Å². The molecule has 0 radical (unpaired) electrons. The van der Waals surface area contributed by atoms with E-state index in [4.69, 9.17) is 33.7 Å². The lowest BCUT2D eigenvalue weighted by Crippen LogP contribution is -2.04. The minimum atomic E-state index is 0.288. The Bertz CT molecular complexity index is 572. The Morgan fingerprint density at radius 1 is 1.16 bits per heavy atom. The highest BCUT2D eigenvalue weighted by Crippen LogP contribution is 2.25. The minimum Gasteiger partial charge on any atom is -0.384 e. The van der Waals surface area contributed by atoms with Crippen LogP contribution in [0.25, 0.3) is 0 Å². The molecule has 0 bridgehead atoms. The van der Waals surface area contributed by atoms with E-state index in [-0.39, 0.29) is 6.61 Å². The molecule has 2 rings (SSSR count). The second-order valence-corrected chi connectivity index (χ2v) is 4.68. The van der Waals surface area contributed by atoms with Crippen molar-refractivity contribution < 1.29 is 4.74 Å². The summed E-state index contributed by atoms with van der Waals surface area (Å²) in [4.78, 5) is 8.31. The van der Waals surface area contributed by atoms with Crippen LogP contribution in [-0.2, 0) is 11.3 Å². The zero-order chi connectivity index (χ0) is 13.8. The van der Waals surface area contributed by atoms with Crippen LogP contribution < -0.4 is 11.1 Å². The summed E-state index contributed by atoms with van der Waals surface area (Å²) in [5.74, 6) is 1.41. The van der Waals surface area contributed by atoms with E-state index in [0.717, 1.165) is 5.69 Å². The summed E-state index contributed by atoms with van der Waals surface area (Å²) in [6.07, 6.45) is 0. The van der Waals surface area contributed by atoms with Crippen molar-refractivity contribution in [2.45, 2.75) is 6.61 Å². The van der Waals surface area contributed by atoms with E-state index in [1.807, 2.05) is 0 Å². The van der Waals surface area contributed by atoms with Gasteiger partial charge in [-0.15, -0.1) is 0 Å². The highest BCUT2D eigenvalue weighted by atomic mass is 35.5. The molecule has 1 aromatic heterocycles. The van der Waals surface area contributed by atoms with Crippen molar-refractivity contribution in [1.82, 2.24) is 9.97 Å². The maximum atomic E-state index is 5.93. The molecule has 0 saturated heterocycles. The SMILES string of the molecule is COCc1nc(N)cc(Nc2cc(Cl)cc(Cl)c2)n1. The van der Waals surface area contributed by atoms with Crippen LogP contribution >= 0.6 is 23.2 Å². The van der Waals surface area contributed by atoms with Gasteiger partial charge in [-0.2, -0.15) is 0 Å². The number of hydrogen-bond donors (Lipinski definition) is 2. The standard InChI is InChI=1S/C12H12Cl2N4O/c1-19-6-12-17-10(15)5-11(18-12)16-9-3-7(13)2-8(14)4-9/h2-5H,6H2,1H3,(H3,15,16,17,18). The summed E-state index contributed by atoms with van der Waals surface area (Å²) in [5.41, 5.74) is 6.43. The van der Waals surface area contributed by atoms with Gasteiger partial charge in [-0.3, -0.25) is 0 Å². The van der Waals surface area contributed by atoms with Crippen molar-refractivity contribution in [1.29, 1.82) is 0 Å². The Morgan fingerprint density at radius 2 is 1.84 bits per heavy atom. The average Bonchev–Trinajstić information content (AvgIpc) is 2.26. The minimum absolute atomic E-state index is 0.288. The molecule has 1 aromatic carbocycles. The lowest BCUT2D eigenvalue weighted by molar-refractivity contribution is 0.178. The third kappa shape index (κ3) is 3.96. The number of halogens is 2. The van der Waals surface area contributed by atoms with Gasteiger partial charge in [0.25, 0.3) is 0 Å². The van der Waals surface area contributed by atoms with E-state index >= 15 is 0 Å². The predicted octanol–water partition coefficient (Wildman–Crippen LogP) is 3.26. The number of nitrogens with zero attached hydrogens (tertiary/aromatic N) is 2. The maximum Gasteiger partial charge on any atom is 0.158 e. The third-order valence-corrected chi connectivity index (χ3v) is 2.64. The maximum absolute atomic E-state index is 5.93. The molecule has 0 aliphatic carbocycles. The Kier molecular flexibility index (Phi) is 4.42. The molecule has 0 aliphatic heterocycles. The Morgan fingerprint density at radius 3 is 2.47 bits per heavy atom. The van der Waals surface area contributed by atoms with E-state index in [1.165, 1.54) is 0 Å². The number of rotatable bonds is 4. The molecule has 7 heteroatoms. The number of hydrogen-bond acceptors (Lipinski definition) is 5. The predicted molar refractivity (Wildman–Crippen MR) is 76.9 cm³/mol. The number of anilines is 3. The van der Waals surface area contributed by atoms with E-state index in [9.17, 15) is 0 Å². The Hall–Kier alpha value is -1.56. The first-order chi connectivity index (χ1) is 9.06. The van der Waals surface area contributed by atoms with Crippen LogP contribution in [0, 0.1) is 0 Å². The third-order valence-electron chi connectivity index (χ3n) is 2.20. The number of benzene rings is 1. The van der Waals surface area contributed by atoms with Crippen molar-refractivity contribution in [3.63, 3.8) is 0 Å². The number of nitrogen functional groups attached to an aromatic ring is 1. The fourth-order valence-electron chi connectivity index (χ4n) is 1.55. The fourth-order valence-corrected chi connectivity index (χ4v) is 2.08. The molecular weight excluding hydrogens is 287 g/mol. The molecule has 3 N–H and O–H groups in total. The first-order valence-electron chi connectivity index (χ1n) is 5.42. The first-order valence-corrected chi connectivity index (χ1v) is 6.18. The van der Waals surface area contributed by atoms with Crippen molar-refractivity contribution in [3.8, 4) is 0 Å². The monoisotopic (exact) mass is 298 g/mol. The molecule has 100 valence electrons. The number of nitrogens with one attached hydrogen (secondary N) is 1. The number of nitrogens with two attached hydrogens (primary N) is 1. The molecule has 0 fully saturated rings. The molecule has 0 unspecified atom stereocenters. The van der Waals surface area contributed by atoms with Crippen molar-refractivity contribution in [3.05, 3.63) is 40.1 Å². The smallest absolute Gasteiger partial charge is 0.158 e. The van der Waals surface area contributed by atoms with Crippen LogP contribution in [-0.4, -0.2) is 17.1 Å². The van der Waals surface area contributed by atoms with E-state index in [2.05, 4.69) is 15.3 Å². The zero-order valence-corrected chi connectivity index (χ0v) is 11.7. The van der Waals surface area contributed by atoms with Gasteiger partial charge in [-0.05, 0) is 18.2 Å². The number of ether oxygens (including phenoxy) is 1. The van der Waals surface area contributed by atoms with Crippen LogP contribution in [0.4, 0.5) is 17.3 Å². The average molecular weight is 299 g/mol. The highest BCUT2D eigenvalue weighted by molar-refractivity contribution is 6.35. The van der Waals surface area contributed by atoms with Crippen molar-refractivity contribution in [2.24, 2.45) is 0 Å². The van der Waals surface area contributed by atoms with Gasteiger partial charge in [0.05, 0.1) is 0 Å². The summed E-state index contributed by atoms with van der Waals surface area (Å²) in [6, 6.07) is 6.75. The van der Waals surface area contributed by atoms with Crippen LogP contribution in [0.1, 0.15) is 5.82 Å². The molecule has 0 spiro atoms. The van der Waals surface area contributed by atoms with Gasteiger partial charge in [-0.25, -0.2) is 9.97 Å². The van der Waals surface area contributed by atoms with Gasteiger partial charge in [0, 0.05) is 28.9 Å². The van der Waals surface area contributed by atoms with Gasteiger partial charge >= 0.3 is 0 Å². The molecule has 0 saturated carbocycles. The summed E-state index contributed by atoms with van der Waals surface area (Å²) in [6.45, 7) is 0.288. The summed E-state index contributed by atoms with van der Waals surface area (Å²) >= 11 is 11.9. The molecule has 19 heavy (non-hydrogen) atoms. The second-order valence-electron chi connectivity index (χ2n) is 3.81. The summed E-state index contributed by atoms with van der Waals surface area (Å²) in [5, 5.41) is 4.14. The molecule has 5 nitrogen and oxygen atoms in total. The van der Waals surface area contributed by atoms with Crippen LogP contribution in [0.15, 0.2) is 24.3 Å². The molecule has 1 heterocycles. The van der Waals surface area contributed by atoms with Crippen molar-refractivity contribution in [2.75, 3.05) is 18.2 Å². The normalized spacial score (nSPS) is 10.5. The summed E-state index contributed by atoms with van der Waals surface area (Å²) < 4.78 is 4.98. The number of methoxy groups -OCH3 is 1. The molecular formula is C12H12Cl2N4O. The number of aromatic nitrogens is 2. The van der Waals surface area contributed by atoms with Gasteiger partial charge < -0.3 is 15.8 Å².